The minimum Gasteiger partial charge on any atom is -0.497 e. The zero-order valence-electron chi connectivity index (χ0n) is 23.7. The van der Waals surface area contributed by atoms with E-state index in [1.165, 1.54) is 0 Å². The number of piperidine rings is 1. The number of ether oxygens (including phenoxy) is 1. The maximum absolute atomic E-state index is 14.0. The van der Waals surface area contributed by atoms with Gasteiger partial charge in [-0.15, -0.1) is 0 Å². The summed E-state index contributed by atoms with van der Waals surface area (Å²) in [6, 6.07) is 5.94. The average Bonchev–Trinajstić information content (AvgIpc) is 3.28. The van der Waals surface area contributed by atoms with Crippen molar-refractivity contribution in [2.24, 2.45) is 11.8 Å². The van der Waals surface area contributed by atoms with Gasteiger partial charge in [0.1, 0.15) is 5.75 Å². The number of rotatable bonds is 10. The lowest BCUT2D eigenvalue weighted by Crippen LogP contribution is -2.64. The lowest BCUT2D eigenvalue weighted by molar-refractivity contribution is -0.164. The number of nitrogens with one attached hydrogen (secondary N) is 2. The molecule has 1 aromatic heterocycles. The van der Waals surface area contributed by atoms with Crippen molar-refractivity contribution in [3.63, 3.8) is 0 Å². The molecular weight excluding hydrogens is 482 g/mol. The van der Waals surface area contributed by atoms with Crippen LogP contribution < -0.4 is 10.1 Å². The van der Waals surface area contributed by atoms with Gasteiger partial charge in [0, 0.05) is 55.1 Å². The second-order valence-electron chi connectivity index (χ2n) is 11.0. The van der Waals surface area contributed by atoms with Crippen LogP contribution in [0.2, 0.25) is 0 Å². The summed E-state index contributed by atoms with van der Waals surface area (Å²) in [6.07, 6.45) is 1.98. The molecule has 3 amide bonds. The highest BCUT2D eigenvalue weighted by Crippen LogP contribution is 2.50. The number of hydrogen-bond donors (Lipinski definition) is 2. The molecule has 9 nitrogen and oxygen atoms in total. The van der Waals surface area contributed by atoms with Crippen LogP contribution >= 0.6 is 0 Å². The van der Waals surface area contributed by atoms with Crippen LogP contribution in [0.1, 0.15) is 51.3 Å². The molecule has 3 atom stereocenters. The van der Waals surface area contributed by atoms with E-state index in [0.29, 0.717) is 39.0 Å². The number of aromatic amines is 1. The molecular formula is C29H43N5O4. The molecule has 1 unspecified atom stereocenters. The second kappa shape index (κ2) is 11.4. The molecule has 38 heavy (non-hydrogen) atoms. The summed E-state index contributed by atoms with van der Waals surface area (Å²) in [5, 5.41) is 4.04. The molecule has 9 heteroatoms. The van der Waals surface area contributed by atoms with Crippen LogP contribution in [0.5, 0.6) is 5.75 Å². The third kappa shape index (κ3) is 5.00. The second-order valence-corrected chi connectivity index (χ2v) is 11.0. The van der Waals surface area contributed by atoms with Gasteiger partial charge in [-0.2, -0.15) is 0 Å². The van der Waals surface area contributed by atoms with Crippen molar-refractivity contribution in [3.8, 4) is 5.75 Å². The highest BCUT2D eigenvalue weighted by molar-refractivity contribution is 5.93. The summed E-state index contributed by atoms with van der Waals surface area (Å²) in [4.78, 5) is 50.1. The SMILES string of the molecule is CCN(CC)C(=O)[C@H]1CC(CC(=O)NCCCN(C)C)C(=O)N2CCc3c([nH]c4ccc(OC)cc34)[C@]12C. The van der Waals surface area contributed by atoms with Gasteiger partial charge < -0.3 is 29.7 Å². The Labute approximate surface area is 225 Å². The van der Waals surface area contributed by atoms with Gasteiger partial charge in [-0.1, -0.05) is 0 Å². The zero-order chi connectivity index (χ0) is 27.6. The summed E-state index contributed by atoms with van der Waals surface area (Å²) >= 11 is 0. The summed E-state index contributed by atoms with van der Waals surface area (Å²) < 4.78 is 5.47. The standard InChI is InChI=1S/C29H43N5O4/c1-7-33(8-2)28(37)23-16-19(17-25(35)30-13-9-14-32(4)5)27(36)34-15-12-21-22-18-20(38-6)10-11-24(22)31-26(21)29(23,34)3/h10-11,18-19,23,31H,7-9,12-17H2,1-6H3,(H,30,35)/t19?,23-,29+/m1/s1. The predicted molar refractivity (Wildman–Crippen MR) is 148 cm³/mol. The van der Waals surface area contributed by atoms with Crippen molar-refractivity contribution in [1.82, 2.24) is 25.0 Å². The number of carbonyl (C=O) groups is 3. The van der Waals surface area contributed by atoms with Crippen molar-refractivity contribution >= 4 is 28.6 Å². The topological polar surface area (TPSA) is 98.0 Å². The Kier molecular flexibility index (Phi) is 8.35. The van der Waals surface area contributed by atoms with E-state index in [1.807, 2.05) is 62.9 Å². The highest BCUT2D eigenvalue weighted by atomic mass is 16.5. The third-order valence-electron chi connectivity index (χ3n) is 8.49. The smallest absolute Gasteiger partial charge is 0.228 e. The number of amides is 3. The minimum absolute atomic E-state index is 0.0375. The van der Waals surface area contributed by atoms with Crippen LogP contribution in [-0.4, -0.2) is 91.3 Å². The number of hydrogen-bond acceptors (Lipinski definition) is 5. The van der Waals surface area contributed by atoms with Gasteiger partial charge in [-0.05, 0) is 84.4 Å². The van der Waals surface area contributed by atoms with Gasteiger partial charge in [0.05, 0.1) is 18.6 Å². The Morgan fingerprint density at radius 3 is 2.63 bits per heavy atom. The van der Waals surface area contributed by atoms with Crippen molar-refractivity contribution in [3.05, 3.63) is 29.5 Å². The van der Waals surface area contributed by atoms with Gasteiger partial charge in [0.25, 0.3) is 0 Å². The first kappa shape index (κ1) is 28.0. The van der Waals surface area contributed by atoms with Crippen LogP contribution in [-0.2, 0) is 26.3 Å². The molecule has 208 valence electrons. The molecule has 0 aliphatic carbocycles. The normalized spacial score (nSPS) is 22.8. The molecule has 1 saturated heterocycles. The maximum Gasteiger partial charge on any atom is 0.228 e. The molecule has 1 fully saturated rings. The fraction of sp³-hybridized carbons (Fsp3) is 0.621. The van der Waals surface area contributed by atoms with E-state index in [4.69, 9.17) is 4.74 Å². The predicted octanol–water partition coefficient (Wildman–Crippen LogP) is 2.74. The highest BCUT2D eigenvalue weighted by Gasteiger charge is 2.57. The molecule has 3 heterocycles. The monoisotopic (exact) mass is 525 g/mol. The lowest BCUT2D eigenvalue weighted by atomic mass is 9.67. The lowest BCUT2D eigenvalue weighted by Gasteiger charge is -2.54. The van der Waals surface area contributed by atoms with Gasteiger partial charge in [0.15, 0.2) is 0 Å². The fourth-order valence-corrected chi connectivity index (χ4v) is 6.36. The number of benzene rings is 1. The number of aromatic nitrogens is 1. The van der Waals surface area contributed by atoms with Gasteiger partial charge in [0.2, 0.25) is 17.7 Å². The Morgan fingerprint density at radius 1 is 1.24 bits per heavy atom. The van der Waals surface area contributed by atoms with Crippen LogP contribution in [0.3, 0.4) is 0 Å². The van der Waals surface area contributed by atoms with Crippen molar-refractivity contribution in [2.75, 3.05) is 53.9 Å². The Morgan fingerprint density at radius 2 is 1.97 bits per heavy atom. The molecule has 2 aromatic rings. The van der Waals surface area contributed by atoms with E-state index in [-0.39, 0.29) is 24.1 Å². The number of methoxy groups -OCH3 is 1. The Hall–Kier alpha value is -3.07. The maximum atomic E-state index is 14.0. The Balaban J connectivity index is 1.68. The van der Waals surface area contributed by atoms with Crippen LogP contribution in [0.4, 0.5) is 0 Å². The third-order valence-corrected chi connectivity index (χ3v) is 8.49. The quantitative estimate of drug-likeness (QED) is 0.465. The van der Waals surface area contributed by atoms with Crippen molar-refractivity contribution in [1.29, 1.82) is 0 Å². The number of fused-ring (bicyclic) bond motifs is 5. The molecule has 2 aliphatic rings. The van der Waals surface area contributed by atoms with E-state index in [9.17, 15) is 14.4 Å². The van der Waals surface area contributed by atoms with E-state index in [1.54, 1.807) is 7.11 Å². The number of carbonyl (C=O) groups excluding carboxylic acids is 3. The number of nitrogens with zero attached hydrogens (tertiary/aromatic N) is 3. The summed E-state index contributed by atoms with van der Waals surface area (Å²) in [5.41, 5.74) is 2.21. The van der Waals surface area contributed by atoms with E-state index >= 15 is 0 Å². The molecule has 2 aliphatic heterocycles. The molecule has 4 rings (SSSR count). The number of H-pyrrole nitrogens is 1. The molecule has 0 radical (unpaired) electrons. The van der Waals surface area contributed by atoms with Gasteiger partial charge >= 0.3 is 0 Å². The van der Waals surface area contributed by atoms with Crippen LogP contribution in [0.25, 0.3) is 10.9 Å². The van der Waals surface area contributed by atoms with Crippen LogP contribution in [0.15, 0.2) is 18.2 Å². The fourth-order valence-electron chi connectivity index (χ4n) is 6.36. The first-order valence-corrected chi connectivity index (χ1v) is 13.9. The molecule has 1 aromatic carbocycles. The Bertz CT molecular complexity index is 1190. The molecule has 0 spiro atoms. The van der Waals surface area contributed by atoms with Crippen LogP contribution in [0, 0.1) is 11.8 Å². The zero-order valence-corrected chi connectivity index (χ0v) is 23.7. The van der Waals surface area contributed by atoms with Gasteiger partial charge in [-0.25, -0.2) is 0 Å². The molecule has 0 bridgehead atoms. The average molecular weight is 526 g/mol. The summed E-state index contributed by atoms with van der Waals surface area (Å²) in [5.74, 6) is -0.334. The molecule has 2 N–H and O–H groups in total. The van der Waals surface area contributed by atoms with E-state index in [2.05, 4.69) is 15.2 Å². The first-order valence-electron chi connectivity index (χ1n) is 13.9. The largest absolute Gasteiger partial charge is 0.497 e. The van der Waals surface area contributed by atoms with Crippen molar-refractivity contribution in [2.45, 2.75) is 52.0 Å². The van der Waals surface area contributed by atoms with Crippen molar-refractivity contribution < 1.29 is 19.1 Å². The summed E-state index contributed by atoms with van der Waals surface area (Å²) in [6.45, 7) is 9.16. The minimum atomic E-state index is -0.824. The molecule has 0 saturated carbocycles. The van der Waals surface area contributed by atoms with Gasteiger partial charge in [-0.3, -0.25) is 14.4 Å². The first-order chi connectivity index (χ1) is 18.1. The summed E-state index contributed by atoms with van der Waals surface area (Å²) in [7, 11) is 5.65. The van der Waals surface area contributed by atoms with E-state index < -0.39 is 17.4 Å². The van der Waals surface area contributed by atoms with E-state index in [0.717, 1.165) is 40.9 Å².